The van der Waals surface area contributed by atoms with Crippen molar-refractivity contribution in [3.8, 4) is 0 Å². The predicted molar refractivity (Wildman–Crippen MR) is 110 cm³/mol. The predicted octanol–water partition coefficient (Wildman–Crippen LogP) is 3.94. The number of fused-ring (bicyclic) bond motifs is 2. The normalized spacial score (nSPS) is 16.0. The van der Waals surface area contributed by atoms with Crippen LogP contribution in [0.3, 0.4) is 0 Å². The standard InChI is InChI=1S/C20H16Cl2N6O/c1-27-18(14(22)9-23-27)8-17-12-3-2-4-13(21)19(12)20(29)28(17)10-11-5-6-15-16(7-11)25-26-24-15/h2-7,9,17H,8,10H2,1H3,(H,24,25,26). The summed E-state index contributed by atoms with van der Waals surface area (Å²) in [6.07, 6.45) is 2.16. The molecule has 3 heterocycles. The minimum atomic E-state index is -0.197. The lowest BCUT2D eigenvalue weighted by atomic mass is 10.0. The lowest BCUT2D eigenvalue weighted by Crippen LogP contribution is -2.29. The molecule has 4 aromatic rings. The summed E-state index contributed by atoms with van der Waals surface area (Å²) >= 11 is 12.7. The van der Waals surface area contributed by atoms with Gasteiger partial charge in [0, 0.05) is 20.0 Å². The number of hydrogen-bond acceptors (Lipinski definition) is 4. The highest BCUT2D eigenvalue weighted by Crippen LogP contribution is 2.41. The van der Waals surface area contributed by atoms with E-state index in [1.165, 1.54) is 0 Å². The van der Waals surface area contributed by atoms with Crippen LogP contribution in [0, 0.1) is 0 Å². The molecule has 1 unspecified atom stereocenters. The molecule has 1 atom stereocenters. The number of carbonyl (C=O) groups is 1. The van der Waals surface area contributed by atoms with E-state index < -0.39 is 0 Å². The number of hydrogen-bond donors (Lipinski definition) is 1. The SMILES string of the molecule is Cn1ncc(Cl)c1CC1c2cccc(Cl)c2C(=O)N1Cc1ccc2[nH]nnc2c1. The Hall–Kier alpha value is -2.90. The average Bonchev–Trinajstić information content (AvgIpc) is 3.37. The third-order valence-corrected chi connectivity index (χ3v) is 6.03. The van der Waals surface area contributed by atoms with Crippen molar-refractivity contribution in [1.29, 1.82) is 0 Å². The van der Waals surface area contributed by atoms with E-state index in [9.17, 15) is 4.79 Å². The van der Waals surface area contributed by atoms with Crippen molar-refractivity contribution in [2.75, 3.05) is 0 Å². The molecule has 1 aliphatic heterocycles. The van der Waals surface area contributed by atoms with Crippen LogP contribution in [0.15, 0.2) is 42.6 Å². The zero-order chi connectivity index (χ0) is 20.1. The van der Waals surface area contributed by atoms with E-state index in [1.54, 1.807) is 16.9 Å². The Balaban J connectivity index is 1.56. The zero-order valence-electron chi connectivity index (χ0n) is 15.4. The first kappa shape index (κ1) is 18.1. The summed E-state index contributed by atoms with van der Waals surface area (Å²) in [5.74, 6) is -0.0888. The van der Waals surface area contributed by atoms with Crippen LogP contribution in [-0.4, -0.2) is 36.0 Å². The van der Waals surface area contributed by atoms with Crippen molar-refractivity contribution in [3.63, 3.8) is 0 Å². The Morgan fingerprint density at radius 3 is 2.83 bits per heavy atom. The number of nitrogens with one attached hydrogen (secondary N) is 1. The first-order chi connectivity index (χ1) is 14.0. The van der Waals surface area contributed by atoms with Crippen LogP contribution in [0.1, 0.15) is 33.2 Å². The van der Waals surface area contributed by atoms with Gasteiger partial charge >= 0.3 is 0 Å². The van der Waals surface area contributed by atoms with Gasteiger partial charge in [-0.15, -0.1) is 5.10 Å². The van der Waals surface area contributed by atoms with Gasteiger partial charge in [-0.25, -0.2) is 0 Å². The van der Waals surface area contributed by atoms with Crippen LogP contribution < -0.4 is 0 Å². The maximum Gasteiger partial charge on any atom is 0.256 e. The second kappa shape index (κ2) is 6.86. The van der Waals surface area contributed by atoms with Crippen molar-refractivity contribution in [1.82, 2.24) is 30.1 Å². The van der Waals surface area contributed by atoms with Crippen LogP contribution in [0.4, 0.5) is 0 Å². The van der Waals surface area contributed by atoms with E-state index in [4.69, 9.17) is 23.2 Å². The van der Waals surface area contributed by atoms with E-state index in [-0.39, 0.29) is 11.9 Å². The van der Waals surface area contributed by atoms with Gasteiger partial charge in [0.05, 0.1) is 39.1 Å². The molecule has 0 bridgehead atoms. The molecule has 7 nitrogen and oxygen atoms in total. The summed E-state index contributed by atoms with van der Waals surface area (Å²) in [5, 5.41) is 16.0. The summed E-state index contributed by atoms with van der Waals surface area (Å²) in [4.78, 5) is 15.1. The van der Waals surface area contributed by atoms with Crippen LogP contribution >= 0.6 is 23.2 Å². The topological polar surface area (TPSA) is 79.7 Å². The molecule has 1 aliphatic rings. The Labute approximate surface area is 176 Å². The van der Waals surface area contributed by atoms with E-state index in [0.29, 0.717) is 28.6 Å². The summed E-state index contributed by atoms with van der Waals surface area (Å²) in [6, 6.07) is 11.2. The summed E-state index contributed by atoms with van der Waals surface area (Å²) < 4.78 is 1.75. The second-order valence-corrected chi connectivity index (χ2v) is 7.90. The fraction of sp³-hybridized carbons (Fsp3) is 0.200. The lowest BCUT2D eigenvalue weighted by molar-refractivity contribution is 0.0708. The van der Waals surface area contributed by atoms with Crippen molar-refractivity contribution >= 4 is 40.1 Å². The van der Waals surface area contributed by atoms with E-state index in [0.717, 1.165) is 27.9 Å². The maximum absolute atomic E-state index is 13.3. The van der Waals surface area contributed by atoms with Gasteiger partial charge in [0.2, 0.25) is 0 Å². The number of aromatic nitrogens is 5. The van der Waals surface area contributed by atoms with Crippen LogP contribution in [0.2, 0.25) is 10.0 Å². The van der Waals surface area contributed by atoms with Gasteiger partial charge in [-0.1, -0.05) is 46.6 Å². The molecule has 0 saturated carbocycles. The highest BCUT2D eigenvalue weighted by Gasteiger charge is 2.39. The number of aromatic amines is 1. The molecule has 0 aliphatic carbocycles. The number of carbonyl (C=O) groups excluding carboxylic acids is 1. The van der Waals surface area contributed by atoms with Crippen molar-refractivity contribution < 1.29 is 4.79 Å². The van der Waals surface area contributed by atoms with Gasteiger partial charge in [0.15, 0.2) is 0 Å². The first-order valence-corrected chi connectivity index (χ1v) is 9.84. The quantitative estimate of drug-likeness (QED) is 0.535. The van der Waals surface area contributed by atoms with E-state index >= 15 is 0 Å². The van der Waals surface area contributed by atoms with E-state index in [2.05, 4.69) is 20.5 Å². The molecule has 9 heteroatoms. The fourth-order valence-electron chi connectivity index (χ4n) is 3.93. The van der Waals surface area contributed by atoms with Crippen LogP contribution in [-0.2, 0) is 20.0 Å². The van der Waals surface area contributed by atoms with Gasteiger partial charge in [-0.2, -0.15) is 5.10 Å². The Morgan fingerprint density at radius 1 is 1.17 bits per heavy atom. The fourth-order valence-corrected chi connectivity index (χ4v) is 4.44. The molecule has 0 radical (unpaired) electrons. The summed E-state index contributed by atoms with van der Waals surface area (Å²) in [7, 11) is 1.85. The second-order valence-electron chi connectivity index (χ2n) is 7.08. The molecule has 29 heavy (non-hydrogen) atoms. The number of amides is 1. The minimum absolute atomic E-state index is 0.0888. The molecule has 0 spiro atoms. The highest BCUT2D eigenvalue weighted by atomic mass is 35.5. The number of rotatable bonds is 4. The molecule has 0 saturated heterocycles. The third-order valence-electron chi connectivity index (χ3n) is 5.40. The number of H-pyrrole nitrogens is 1. The van der Waals surface area contributed by atoms with Crippen molar-refractivity contribution in [2.24, 2.45) is 7.05 Å². The highest BCUT2D eigenvalue weighted by molar-refractivity contribution is 6.34. The van der Waals surface area contributed by atoms with Gasteiger partial charge in [-0.3, -0.25) is 14.6 Å². The number of aryl methyl sites for hydroxylation is 1. The Kier molecular flexibility index (Phi) is 4.29. The van der Waals surface area contributed by atoms with Gasteiger partial charge in [0.1, 0.15) is 5.52 Å². The molecule has 0 fully saturated rings. The Morgan fingerprint density at radius 2 is 2.03 bits per heavy atom. The molecule has 5 rings (SSSR count). The number of halogens is 2. The van der Waals surface area contributed by atoms with Crippen LogP contribution in [0.25, 0.3) is 11.0 Å². The van der Waals surface area contributed by atoms with Gasteiger partial charge in [-0.05, 0) is 29.3 Å². The third kappa shape index (κ3) is 2.97. The first-order valence-electron chi connectivity index (χ1n) is 9.08. The molecular formula is C20H16Cl2N6O. The van der Waals surface area contributed by atoms with Gasteiger partial charge < -0.3 is 4.90 Å². The largest absolute Gasteiger partial charge is 0.327 e. The summed E-state index contributed by atoms with van der Waals surface area (Å²) in [6.45, 7) is 0.423. The maximum atomic E-state index is 13.3. The molecule has 2 aromatic heterocycles. The van der Waals surface area contributed by atoms with Crippen LogP contribution in [0.5, 0.6) is 0 Å². The number of nitrogens with zero attached hydrogens (tertiary/aromatic N) is 5. The van der Waals surface area contributed by atoms with E-state index in [1.807, 2.05) is 42.3 Å². The number of benzene rings is 2. The minimum Gasteiger partial charge on any atom is -0.327 e. The molecule has 1 N–H and O–H groups in total. The zero-order valence-corrected chi connectivity index (χ0v) is 16.9. The average molecular weight is 427 g/mol. The smallest absolute Gasteiger partial charge is 0.256 e. The van der Waals surface area contributed by atoms with Crippen molar-refractivity contribution in [3.05, 3.63) is 75.0 Å². The summed E-state index contributed by atoms with van der Waals surface area (Å²) in [5.41, 5.74) is 4.91. The monoisotopic (exact) mass is 426 g/mol. The lowest BCUT2D eigenvalue weighted by Gasteiger charge is -2.26. The molecule has 146 valence electrons. The molecule has 1 amide bonds. The van der Waals surface area contributed by atoms with Crippen molar-refractivity contribution in [2.45, 2.75) is 19.0 Å². The Bertz CT molecular complexity index is 1230. The molecule has 2 aromatic carbocycles. The van der Waals surface area contributed by atoms with Gasteiger partial charge in [0.25, 0.3) is 5.91 Å². The molecular weight excluding hydrogens is 411 g/mol.